The molecule has 0 aliphatic rings. The van der Waals surface area contributed by atoms with Gasteiger partial charge in [0.25, 0.3) is 5.91 Å². The van der Waals surface area contributed by atoms with Crippen molar-refractivity contribution in [3.05, 3.63) is 22.3 Å². The van der Waals surface area contributed by atoms with Crippen LogP contribution >= 0.6 is 11.3 Å². The Hall–Kier alpha value is -2.06. The van der Waals surface area contributed by atoms with Crippen LogP contribution in [0.25, 0.3) is 10.1 Å². The summed E-state index contributed by atoms with van der Waals surface area (Å²) >= 11 is 1.39. The predicted octanol–water partition coefficient (Wildman–Crippen LogP) is 2.25. The summed E-state index contributed by atoms with van der Waals surface area (Å²) in [5.41, 5.74) is 8.34. The molecule has 2 aromatic heterocycles. The van der Waals surface area contributed by atoms with Crippen molar-refractivity contribution in [3.63, 3.8) is 0 Å². The van der Waals surface area contributed by atoms with Crippen molar-refractivity contribution >= 4 is 33.0 Å². The van der Waals surface area contributed by atoms with Crippen LogP contribution in [0.2, 0.25) is 0 Å². The normalized spacial score (nSPS) is 10.4. The summed E-state index contributed by atoms with van der Waals surface area (Å²) in [6, 6.07) is 1.95. The number of rotatable bonds is 3. The van der Waals surface area contributed by atoms with Crippen molar-refractivity contribution in [2.75, 3.05) is 12.3 Å². The number of amides is 1. The molecular weight excluding hydrogens is 258 g/mol. The maximum absolute atomic E-state index is 12.0. The van der Waals surface area contributed by atoms with Gasteiger partial charge in [0.2, 0.25) is 0 Å². The lowest BCUT2D eigenvalue weighted by Crippen LogP contribution is -2.24. The SMILES string of the molecule is C#CCCNC(=O)c1sc2cc(C)nc(C)c2c1N. The van der Waals surface area contributed by atoms with Gasteiger partial charge in [0.1, 0.15) is 4.88 Å². The highest BCUT2D eigenvalue weighted by Gasteiger charge is 2.18. The lowest BCUT2D eigenvalue weighted by atomic mass is 10.2. The number of aryl methyl sites for hydroxylation is 2. The first-order valence-electron chi connectivity index (χ1n) is 5.92. The minimum Gasteiger partial charge on any atom is -0.397 e. The summed E-state index contributed by atoms with van der Waals surface area (Å²) in [5.74, 6) is 2.30. The molecule has 0 saturated carbocycles. The number of hydrogen-bond donors (Lipinski definition) is 2. The molecule has 0 saturated heterocycles. The summed E-state index contributed by atoms with van der Waals surface area (Å²) in [5, 5.41) is 3.64. The van der Waals surface area contributed by atoms with Gasteiger partial charge in [-0.3, -0.25) is 9.78 Å². The van der Waals surface area contributed by atoms with Gasteiger partial charge < -0.3 is 11.1 Å². The van der Waals surface area contributed by atoms with E-state index in [9.17, 15) is 4.79 Å². The number of carbonyl (C=O) groups excluding carboxylic acids is 1. The molecule has 4 nitrogen and oxygen atoms in total. The summed E-state index contributed by atoms with van der Waals surface area (Å²) < 4.78 is 0.990. The number of hydrogen-bond acceptors (Lipinski definition) is 4. The molecule has 0 fully saturated rings. The van der Waals surface area contributed by atoms with Gasteiger partial charge in [0.05, 0.1) is 5.69 Å². The van der Waals surface area contributed by atoms with Gasteiger partial charge in [-0.1, -0.05) is 0 Å². The number of pyridine rings is 1. The number of nitrogens with one attached hydrogen (secondary N) is 1. The molecule has 3 N–H and O–H groups in total. The molecule has 98 valence electrons. The second kappa shape index (κ2) is 5.29. The molecule has 2 aromatic rings. The van der Waals surface area contributed by atoms with Crippen LogP contribution in [-0.4, -0.2) is 17.4 Å². The molecule has 19 heavy (non-hydrogen) atoms. The molecule has 0 aliphatic carbocycles. The zero-order valence-electron chi connectivity index (χ0n) is 10.9. The van der Waals surface area contributed by atoms with Gasteiger partial charge in [-0.15, -0.1) is 23.7 Å². The van der Waals surface area contributed by atoms with Gasteiger partial charge in [-0.25, -0.2) is 0 Å². The van der Waals surface area contributed by atoms with Crippen molar-refractivity contribution in [2.24, 2.45) is 0 Å². The van der Waals surface area contributed by atoms with Crippen LogP contribution in [0.15, 0.2) is 6.07 Å². The van der Waals surface area contributed by atoms with Gasteiger partial charge in [0, 0.05) is 34.4 Å². The smallest absolute Gasteiger partial charge is 0.263 e. The van der Waals surface area contributed by atoms with Crippen LogP contribution in [0.5, 0.6) is 0 Å². The average Bonchev–Trinajstić information content (AvgIpc) is 2.66. The molecule has 0 unspecified atom stereocenters. The Morgan fingerprint density at radius 3 is 3.00 bits per heavy atom. The number of fused-ring (bicyclic) bond motifs is 1. The molecule has 2 heterocycles. The van der Waals surface area contributed by atoms with E-state index in [1.165, 1.54) is 11.3 Å². The summed E-state index contributed by atoms with van der Waals surface area (Å²) in [6.45, 7) is 4.28. The summed E-state index contributed by atoms with van der Waals surface area (Å²) in [6.07, 6.45) is 5.66. The van der Waals surface area contributed by atoms with E-state index in [-0.39, 0.29) is 5.91 Å². The molecule has 0 atom stereocenters. The quantitative estimate of drug-likeness (QED) is 0.665. The molecule has 2 rings (SSSR count). The predicted molar refractivity (Wildman–Crippen MR) is 79.3 cm³/mol. The van der Waals surface area contributed by atoms with Crippen LogP contribution in [0.4, 0.5) is 5.69 Å². The fourth-order valence-corrected chi connectivity index (χ4v) is 3.16. The van der Waals surface area contributed by atoms with Crippen LogP contribution in [0.3, 0.4) is 0 Å². The maximum Gasteiger partial charge on any atom is 0.263 e. The van der Waals surface area contributed by atoms with E-state index < -0.39 is 0 Å². The van der Waals surface area contributed by atoms with Crippen molar-refractivity contribution < 1.29 is 4.79 Å². The van der Waals surface area contributed by atoms with Gasteiger partial charge in [0.15, 0.2) is 0 Å². The van der Waals surface area contributed by atoms with Crippen molar-refractivity contribution in [1.82, 2.24) is 10.3 Å². The molecule has 1 amide bonds. The third kappa shape index (κ3) is 2.54. The molecule has 0 spiro atoms. The summed E-state index contributed by atoms with van der Waals surface area (Å²) in [7, 11) is 0. The first kappa shape index (κ1) is 13.4. The Bertz CT molecular complexity index is 682. The Labute approximate surface area is 116 Å². The average molecular weight is 273 g/mol. The molecule has 0 aromatic carbocycles. The first-order chi connectivity index (χ1) is 9.04. The first-order valence-corrected chi connectivity index (χ1v) is 6.74. The highest BCUT2D eigenvalue weighted by molar-refractivity contribution is 7.21. The second-order valence-corrected chi connectivity index (χ2v) is 5.33. The Balaban J connectivity index is 2.40. The van der Waals surface area contributed by atoms with E-state index in [0.717, 1.165) is 21.5 Å². The lowest BCUT2D eigenvalue weighted by molar-refractivity contribution is 0.0959. The van der Waals surface area contributed by atoms with Gasteiger partial charge >= 0.3 is 0 Å². The third-order valence-corrected chi connectivity index (χ3v) is 3.93. The highest BCUT2D eigenvalue weighted by atomic mass is 32.1. The maximum atomic E-state index is 12.0. The van der Waals surface area contributed by atoms with E-state index in [4.69, 9.17) is 12.2 Å². The summed E-state index contributed by atoms with van der Waals surface area (Å²) in [4.78, 5) is 16.9. The molecule has 0 aliphatic heterocycles. The van der Waals surface area contributed by atoms with Gasteiger partial charge in [-0.05, 0) is 19.9 Å². The zero-order valence-corrected chi connectivity index (χ0v) is 11.7. The van der Waals surface area contributed by atoms with E-state index in [1.807, 2.05) is 19.9 Å². The number of carbonyl (C=O) groups is 1. The third-order valence-electron chi connectivity index (χ3n) is 2.78. The van der Waals surface area contributed by atoms with Crippen LogP contribution in [-0.2, 0) is 0 Å². The van der Waals surface area contributed by atoms with Crippen LogP contribution in [0, 0.1) is 26.2 Å². The van der Waals surface area contributed by atoms with E-state index in [0.29, 0.717) is 23.5 Å². The Kier molecular flexibility index (Phi) is 3.72. The van der Waals surface area contributed by atoms with Crippen LogP contribution < -0.4 is 11.1 Å². The topological polar surface area (TPSA) is 68.0 Å². The number of terminal acetylenes is 1. The van der Waals surface area contributed by atoms with Crippen LogP contribution in [0.1, 0.15) is 27.5 Å². The van der Waals surface area contributed by atoms with E-state index >= 15 is 0 Å². The zero-order chi connectivity index (χ0) is 14.0. The number of nitrogens with zero attached hydrogens (tertiary/aromatic N) is 1. The largest absolute Gasteiger partial charge is 0.397 e. The number of aromatic nitrogens is 1. The Morgan fingerprint density at radius 2 is 2.32 bits per heavy atom. The minimum absolute atomic E-state index is 0.175. The number of nitrogen functional groups attached to an aromatic ring is 1. The molecule has 5 heteroatoms. The molecular formula is C14H15N3OS. The highest BCUT2D eigenvalue weighted by Crippen LogP contribution is 2.35. The minimum atomic E-state index is -0.175. The monoisotopic (exact) mass is 273 g/mol. The van der Waals surface area contributed by atoms with E-state index in [1.54, 1.807) is 0 Å². The number of nitrogens with two attached hydrogens (primary N) is 1. The van der Waals surface area contributed by atoms with Crippen molar-refractivity contribution in [3.8, 4) is 12.3 Å². The van der Waals surface area contributed by atoms with E-state index in [2.05, 4.69) is 16.2 Å². The lowest BCUT2D eigenvalue weighted by Gasteiger charge is -2.02. The number of thiophene rings is 1. The standard InChI is InChI=1S/C14H15N3OS/c1-4-5-6-16-14(18)13-12(15)11-9(3)17-8(2)7-10(11)19-13/h1,7H,5-6,15H2,2-3H3,(H,16,18). The Morgan fingerprint density at radius 1 is 1.58 bits per heavy atom. The fourth-order valence-electron chi connectivity index (χ4n) is 1.98. The van der Waals surface area contributed by atoms with Crippen molar-refractivity contribution in [1.29, 1.82) is 0 Å². The van der Waals surface area contributed by atoms with Gasteiger partial charge in [-0.2, -0.15) is 0 Å². The molecule has 0 radical (unpaired) electrons. The fraction of sp³-hybridized carbons (Fsp3) is 0.286. The number of anilines is 1. The van der Waals surface area contributed by atoms with Crippen molar-refractivity contribution in [2.45, 2.75) is 20.3 Å². The second-order valence-electron chi connectivity index (χ2n) is 4.28. The molecule has 0 bridgehead atoms.